The summed E-state index contributed by atoms with van der Waals surface area (Å²) in [7, 11) is 0. The standard InChI is InChI=1S/C74H67BN4S2/c1-70(2,3)46-34-37-59-56(42-46)75-55-36-35-47(78-57-28-12-10-26-53(57)71(4)38-16-18-40-73(71,78)6)43-62(55)77(61-31-21-25-52-50-23-9-15-33-66(50)81-69(52)61)64-45-48(79-58-29-13-11-27-54(58)72(5)39-17-19-41-74(72,79)7)44-63(67(64)75)76(59)60-30-20-24-51-49-22-8-14-32-65(49)80-68(51)60/h8-15,20-37,42-45H,16-19,38-41H2,1-7H3. The van der Waals surface area contributed by atoms with Gasteiger partial charge in [0.25, 0.3) is 6.71 Å². The van der Waals surface area contributed by atoms with Gasteiger partial charge in [-0.05, 0) is 145 Å². The number of anilines is 10. The van der Waals surface area contributed by atoms with Gasteiger partial charge in [-0.1, -0.05) is 176 Å². The molecule has 7 heteroatoms. The first-order valence-corrected chi connectivity index (χ1v) is 31.6. The lowest BCUT2D eigenvalue weighted by molar-refractivity contribution is 0.195. The van der Waals surface area contributed by atoms with Crippen LogP contribution in [-0.4, -0.2) is 17.8 Å². The maximum absolute atomic E-state index is 2.83. The summed E-state index contributed by atoms with van der Waals surface area (Å²) in [5, 5.41) is 5.27. The lowest BCUT2D eigenvalue weighted by atomic mass is 9.33. The van der Waals surface area contributed by atoms with Crippen LogP contribution in [0.4, 0.5) is 56.9 Å². The molecule has 2 fully saturated rings. The average Bonchev–Trinajstić information content (AvgIpc) is 2.74. The van der Waals surface area contributed by atoms with Crippen LogP contribution in [0.15, 0.2) is 182 Å². The predicted octanol–water partition coefficient (Wildman–Crippen LogP) is 19.3. The number of thiophene rings is 2. The zero-order valence-electron chi connectivity index (χ0n) is 47.7. The van der Waals surface area contributed by atoms with Crippen molar-refractivity contribution in [3.05, 3.63) is 199 Å². The van der Waals surface area contributed by atoms with Crippen LogP contribution < -0.4 is 36.0 Å². The number of fused-ring (bicyclic) bond motifs is 16. The highest BCUT2D eigenvalue weighted by molar-refractivity contribution is 7.27. The minimum Gasteiger partial charge on any atom is -0.334 e. The summed E-state index contributed by atoms with van der Waals surface area (Å²) in [5.74, 6) is 0. The summed E-state index contributed by atoms with van der Waals surface area (Å²) in [5.41, 5.74) is 20.9. The van der Waals surface area contributed by atoms with Crippen LogP contribution in [0.25, 0.3) is 40.3 Å². The lowest BCUT2D eigenvalue weighted by Crippen LogP contribution is -2.62. The highest BCUT2D eigenvalue weighted by Crippen LogP contribution is 2.64. The molecule has 398 valence electrons. The molecule has 0 N–H and O–H groups in total. The van der Waals surface area contributed by atoms with Crippen molar-refractivity contribution in [1.82, 2.24) is 0 Å². The summed E-state index contributed by atoms with van der Waals surface area (Å²) in [4.78, 5) is 11.1. The van der Waals surface area contributed by atoms with E-state index in [1.54, 1.807) is 0 Å². The fourth-order valence-corrected chi connectivity index (χ4v) is 19.7. The fourth-order valence-electron chi connectivity index (χ4n) is 17.2. The van der Waals surface area contributed by atoms with E-state index in [0.717, 1.165) is 12.8 Å². The minimum absolute atomic E-state index is 0.0184. The van der Waals surface area contributed by atoms with E-state index in [1.807, 2.05) is 22.7 Å². The molecule has 6 heterocycles. The van der Waals surface area contributed by atoms with Gasteiger partial charge in [0.05, 0.1) is 31.9 Å². The molecule has 2 aromatic heterocycles. The first-order chi connectivity index (χ1) is 39.3. The normalized spacial score (nSPS) is 23.4. The molecule has 0 saturated heterocycles. The second kappa shape index (κ2) is 16.7. The number of rotatable bonds is 4. The first-order valence-electron chi connectivity index (χ1n) is 30.0. The third kappa shape index (κ3) is 6.27. The Morgan fingerprint density at radius 2 is 0.864 bits per heavy atom. The minimum atomic E-state index is -0.152. The zero-order valence-corrected chi connectivity index (χ0v) is 49.3. The van der Waals surface area contributed by atoms with Crippen LogP contribution in [0.3, 0.4) is 0 Å². The van der Waals surface area contributed by atoms with Gasteiger partial charge >= 0.3 is 0 Å². The van der Waals surface area contributed by atoms with Crippen molar-refractivity contribution in [3.63, 3.8) is 0 Å². The van der Waals surface area contributed by atoms with E-state index in [-0.39, 0.29) is 34.0 Å². The smallest absolute Gasteiger partial charge is 0.252 e. The average molecular weight is 1090 g/mol. The van der Waals surface area contributed by atoms with Crippen molar-refractivity contribution in [2.75, 3.05) is 19.6 Å². The SMILES string of the molecule is CC(C)(C)c1ccc2c(c1)B1c3ccc(N4c5ccccc5C5(C)CCCCC45C)cc3N(c3cccc4c3sc3ccccc34)c3cc(N4c5ccccc5C5(C)CCCCC45C)cc(c31)N2c1cccc2c1sc1ccccc12. The molecule has 4 aliphatic heterocycles. The van der Waals surface area contributed by atoms with E-state index in [2.05, 4.69) is 250 Å². The van der Waals surface area contributed by atoms with Crippen LogP contribution in [0.1, 0.15) is 117 Å². The van der Waals surface area contributed by atoms with E-state index in [4.69, 9.17) is 0 Å². The van der Waals surface area contributed by atoms with Crippen molar-refractivity contribution in [2.24, 2.45) is 0 Å². The van der Waals surface area contributed by atoms with E-state index in [0.29, 0.717) is 0 Å². The molecule has 17 rings (SSSR count). The van der Waals surface area contributed by atoms with Crippen LogP contribution in [0.2, 0.25) is 0 Å². The molecular formula is C74H67BN4S2. The van der Waals surface area contributed by atoms with Crippen molar-refractivity contribution >= 4 is 143 Å². The first kappa shape index (κ1) is 48.4. The van der Waals surface area contributed by atoms with Gasteiger partial charge in [0.1, 0.15) is 0 Å². The molecule has 81 heavy (non-hydrogen) atoms. The van der Waals surface area contributed by atoms with Gasteiger partial charge in [0, 0.05) is 87.3 Å². The van der Waals surface area contributed by atoms with E-state index in [9.17, 15) is 0 Å². The van der Waals surface area contributed by atoms with Crippen molar-refractivity contribution in [1.29, 1.82) is 0 Å². The molecule has 0 radical (unpaired) electrons. The molecule has 4 unspecified atom stereocenters. The van der Waals surface area contributed by atoms with Crippen molar-refractivity contribution < 1.29 is 0 Å². The molecule has 9 aromatic carbocycles. The monoisotopic (exact) mass is 1090 g/mol. The Morgan fingerprint density at radius 3 is 1.43 bits per heavy atom. The van der Waals surface area contributed by atoms with E-state index in [1.165, 1.54) is 169 Å². The summed E-state index contributed by atoms with van der Waals surface area (Å²) in [6.07, 6.45) is 9.61. The van der Waals surface area contributed by atoms with Crippen LogP contribution >= 0.6 is 22.7 Å². The summed E-state index contributed by atoms with van der Waals surface area (Å²) in [6.45, 7) is 17.4. The second-order valence-electron chi connectivity index (χ2n) is 26.6. The van der Waals surface area contributed by atoms with Gasteiger partial charge < -0.3 is 19.6 Å². The Labute approximate surface area is 485 Å². The third-order valence-corrected chi connectivity index (χ3v) is 24.1. The number of para-hydroxylation sites is 2. The van der Waals surface area contributed by atoms with E-state index < -0.39 is 0 Å². The van der Waals surface area contributed by atoms with Crippen molar-refractivity contribution in [3.8, 4) is 0 Å². The molecule has 2 aliphatic carbocycles. The van der Waals surface area contributed by atoms with Gasteiger partial charge in [0.15, 0.2) is 0 Å². The Balaban J connectivity index is 1.02. The Hall–Kier alpha value is -7.32. The highest BCUT2D eigenvalue weighted by atomic mass is 32.1. The topological polar surface area (TPSA) is 13.0 Å². The molecule has 0 bridgehead atoms. The summed E-state index contributed by atoms with van der Waals surface area (Å²) >= 11 is 3.88. The quantitative estimate of drug-likeness (QED) is 0.163. The molecule has 2 saturated carbocycles. The molecule has 11 aromatic rings. The van der Waals surface area contributed by atoms with Gasteiger partial charge in [-0.15, -0.1) is 22.7 Å². The molecule has 0 amide bonds. The molecule has 4 nitrogen and oxygen atoms in total. The molecule has 0 spiro atoms. The van der Waals surface area contributed by atoms with Crippen molar-refractivity contribution in [2.45, 2.75) is 127 Å². The summed E-state index contributed by atoms with van der Waals surface area (Å²) < 4.78 is 5.29. The largest absolute Gasteiger partial charge is 0.334 e. The number of hydrogen-bond acceptors (Lipinski definition) is 6. The van der Waals surface area contributed by atoms with Gasteiger partial charge in [-0.3, -0.25) is 0 Å². The Kier molecular flexibility index (Phi) is 9.96. The Morgan fingerprint density at radius 1 is 0.395 bits per heavy atom. The number of hydrogen-bond donors (Lipinski definition) is 0. The summed E-state index contributed by atoms with van der Waals surface area (Å²) in [6, 6.07) is 71.7. The number of nitrogens with zero attached hydrogens (tertiary/aromatic N) is 4. The lowest BCUT2D eigenvalue weighted by Gasteiger charge is -2.51. The maximum atomic E-state index is 2.83. The van der Waals surface area contributed by atoms with Crippen LogP contribution in [0, 0.1) is 0 Å². The Bertz CT molecular complexity index is 4510. The van der Waals surface area contributed by atoms with E-state index >= 15 is 0 Å². The molecule has 4 atom stereocenters. The maximum Gasteiger partial charge on any atom is 0.252 e. The highest BCUT2D eigenvalue weighted by Gasteiger charge is 2.60. The van der Waals surface area contributed by atoms with Gasteiger partial charge in [-0.2, -0.15) is 0 Å². The van der Waals surface area contributed by atoms with Gasteiger partial charge in [0.2, 0.25) is 0 Å². The number of benzene rings is 9. The fraction of sp³-hybridized carbons (Fsp3) is 0.270. The third-order valence-electron chi connectivity index (χ3n) is 21.7. The van der Waals surface area contributed by atoms with Gasteiger partial charge in [-0.25, -0.2) is 0 Å². The van der Waals surface area contributed by atoms with Crippen LogP contribution in [-0.2, 0) is 16.2 Å². The molecule has 6 aliphatic rings. The van der Waals surface area contributed by atoms with Crippen LogP contribution in [0.5, 0.6) is 0 Å². The second-order valence-corrected chi connectivity index (χ2v) is 28.7. The zero-order chi connectivity index (χ0) is 54.5. The predicted molar refractivity (Wildman–Crippen MR) is 351 cm³/mol. The molecular weight excluding hydrogens is 1020 g/mol.